The van der Waals surface area contributed by atoms with Crippen molar-refractivity contribution < 1.29 is 9.72 Å². The molecule has 0 spiro atoms. The smallest absolute Gasteiger partial charge is 0.354 e. The number of rotatable bonds is 6. The van der Waals surface area contributed by atoms with Crippen LogP contribution in [-0.2, 0) is 0 Å². The van der Waals surface area contributed by atoms with Crippen LogP contribution < -0.4 is 16.2 Å². The van der Waals surface area contributed by atoms with Crippen molar-refractivity contribution in [1.29, 1.82) is 0 Å². The van der Waals surface area contributed by atoms with Gasteiger partial charge in [0.15, 0.2) is 0 Å². The Balaban J connectivity index is 1.25. The molecule has 0 unspecified atom stereocenters. The molecule has 0 saturated heterocycles. The van der Waals surface area contributed by atoms with E-state index in [1.807, 2.05) is 30.3 Å². The van der Waals surface area contributed by atoms with Crippen LogP contribution in [0.3, 0.4) is 0 Å². The molecule has 1 heterocycles. The van der Waals surface area contributed by atoms with Gasteiger partial charge in [-0.2, -0.15) is 0 Å². The highest BCUT2D eigenvalue weighted by Gasteiger charge is 2.51. The summed E-state index contributed by atoms with van der Waals surface area (Å²) in [6, 6.07) is 13.0. The predicted octanol–water partition coefficient (Wildman–Crippen LogP) is 4.68. The third-order valence-electron chi connectivity index (χ3n) is 7.76. The molecule has 34 heavy (non-hydrogen) atoms. The molecule has 1 aromatic heterocycles. The largest absolute Gasteiger partial charge is 0.359 e. The van der Waals surface area contributed by atoms with E-state index < -0.39 is 10.8 Å². The Hall–Kier alpha value is -3.75. The normalized spacial score (nSPS) is 26.9. The van der Waals surface area contributed by atoms with Crippen molar-refractivity contribution in [1.82, 2.24) is 15.4 Å². The van der Waals surface area contributed by atoms with Crippen LogP contribution in [0.2, 0.25) is 0 Å². The van der Waals surface area contributed by atoms with Crippen molar-refractivity contribution in [2.45, 2.75) is 44.1 Å². The number of hydrazine groups is 1. The van der Waals surface area contributed by atoms with Crippen molar-refractivity contribution in [2.75, 3.05) is 10.7 Å². The zero-order valence-electron chi connectivity index (χ0n) is 18.7. The minimum Gasteiger partial charge on any atom is -0.359 e. The standard InChI is InChI=1S/C25H26N6O3/c32-24(20-7-3-5-18-4-1-2-6-19(18)20)30-29-23-21(31(33)34)22(26-14-27-23)28-25-11-15-8-16(12-25)10-17(9-15)13-25/h1-7,14-17H,8-13H2,(H,30,32)(H2,26,27,28,29). The Morgan fingerprint density at radius 1 is 0.941 bits per heavy atom. The molecule has 9 heteroatoms. The predicted molar refractivity (Wildman–Crippen MR) is 128 cm³/mol. The maximum Gasteiger partial charge on any atom is 0.354 e. The monoisotopic (exact) mass is 458 g/mol. The fraction of sp³-hybridized carbons (Fsp3) is 0.400. The van der Waals surface area contributed by atoms with Gasteiger partial charge >= 0.3 is 5.69 Å². The lowest BCUT2D eigenvalue weighted by molar-refractivity contribution is -0.383. The second-order valence-electron chi connectivity index (χ2n) is 10.1. The summed E-state index contributed by atoms with van der Waals surface area (Å²) in [4.78, 5) is 32.8. The molecule has 0 radical (unpaired) electrons. The number of hydrogen-bond acceptors (Lipinski definition) is 7. The summed E-state index contributed by atoms with van der Waals surface area (Å²) in [7, 11) is 0. The van der Waals surface area contributed by atoms with E-state index in [0.29, 0.717) is 23.3 Å². The van der Waals surface area contributed by atoms with Crippen molar-refractivity contribution in [3.63, 3.8) is 0 Å². The lowest BCUT2D eigenvalue weighted by Crippen LogP contribution is -2.55. The highest BCUT2D eigenvalue weighted by Crippen LogP contribution is 2.57. The number of nitro groups is 1. The first kappa shape index (κ1) is 20.8. The van der Waals surface area contributed by atoms with Gasteiger partial charge in [0.1, 0.15) is 6.33 Å². The third kappa shape index (κ3) is 3.61. The van der Waals surface area contributed by atoms with Gasteiger partial charge in [-0.15, -0.1) is 0 Å². The first-order valence-electron chi connectivity index (χ1n) is 11.8. The molecule has 9 nitrogen and oxygen atoms in total. The lowest BCUT2D eigenvalue weighted by Gasteiger charge is -2.57. The van der Waals surface area contributed by atoms with E-state index >= 15 is 0 Å². The molecule has 7 rings (SSSR count). The zero-order chi connectivity index (χ0) is 23.3. The molecule has 174 valence electrons. The van der Waals surface area contributed by atoms with Gasteiger partial charge in [0.05, 0.1) is 4.92 Å². The molecule has 1 amide bonds. The minimum atomic E-state index is -0.491. The molecule has 0 atom stereocenters. The van der Waals surface area contributed by atoms with Gasteiger partial charge in [-0.05, 0) is 73.1 Å². The van der Waals surface area contributed by atoms with E-state index in [9.17, 15) is 14.9 Å². The van der Waals surface area contributed by atoms with E-state index in [1.54, 1.807) is 12.1 Å². The lowest BCUT2D eigenvalue weighted by atomic mass is 9.53. The second-order valence-corrected chi connectivity index (χ2v) is 10.1. The van der Waals surface area contributed by atoms with Gasteiger partial charge in [-0.1, -0.05) is 36.4 Å². The molecule has 4 saturated carbocycles. The number of carbonyl (C=O) groups excluding carboxylic acids is 1. The van der Waals surface area contributed by atoms with E-state index in [-0.39, 0.29) is 22.9 Å². The molecule has 3 N–H and O–H groups in total. The molecule has 0 aliphatic heterocycles. The number of carbonyl (C=O) groups is 1. The van der Waals surface area contributed by atoms with Crippen LogP contribution >= 0.6 is 0 Å². The summed E-state index contributed by atoms with van der Waals surface area (Å²) in [5.41, 5.74) is 5.32. The van der Waals surface area contributed by atoms with E-state index in [0.717, 1.165) is 30.0 Å². The molecule has 4 bridgehead atoms. The van der Waals surface area contributed by atoms with Gasteiger partial charge in [-0.3, -0.25) is 25.8 Å². The van der Waals surface area contributed by atoms with Crippen LogP contribution in [-0.4, -0.2) is 26.3 Å². The highest BCUT2D eigenvalue weighted by molar-refractivity contribution is 6.07. The Labute approximate surface area is 196 Å². The Bertz CT molecular complexity index is 1250. The minimum absolute atomic E-state index is 0.0409. The number of nitrogens with zero attached hydrogens (tertiary/aromatic N) is 3. The van der Waals surface area contributed by atoms with Crippen LogP contribution in [0.4, 0.5) is 17.3 Å². The topological polar surface area (TPSA) is 122 Å². The summed E-state index contributed by atoms with van der Waals surface area (Å²) in [5.74, 6) is 1.84. The van der Waals surface area contributed by atoms with Crippen LogP contribution in [0, 0.1) is 27.9 Å². The number of nitrogens with one attached hydrogen (secondary N) is 3. The molecule has 3 aromatic rings. The number of amides is 1. The van der Waals surface area contributed by atoms with Gasteiger partial charge in [0, 0.05) is 11.1 Å². The number of hydrogen-bond donors (Lipinski definition) is 3. The zero-order valence-corrected chi connectivity index (χ0v) is 18.7. The van der Waals surface area contributed by atoms with Crippen LogP contribution in [0.5, 0.6) is 0 Å². The quantitative estimate of drug-likeness (QED) is 0.362. The summed E-state index contributed by atoms with van der Waals surface area (Å²) in [6.07, 6.45) is 8.21. The first-order chi connectivity index (χ1) is 16.5. The average Bonchev–Trinajstić information content (AvgIpc) is 2.81. The van der Waals surface area contributed by atoms with E-state index in [4.69, 9.17) is 0 Å². The maximum absolute atomic E-state index is 12.9. The van der Waals surface area contributed by atoms with Gasteiger partial charge < -0.3 is 5.32 Å². The molecular formula is C25H26N6O3. The first-order valence-corrected chi connectivity index (χ1v) is 11.8. The number of fused-ring (bicyclic) bond motifs is 1. The van der Waals surface area contributed by atoms with Crippen molar-refractivity contribution in [3.8, 4) is 0 Å². The van der Waals surface area contributed by atoms with Crippen molar-refractivity contribution >= 4 is 34.0 Å². The van der Waals surface area contributed by atoms with Crippen LogP contribution in [0.25, 0.3) is 10.8 Å². The Kier molecular flexibility index (Phi) is 4.86. The summed E-state index contributed by atoms with van der Waals surface area (Å²) >= 11 is 0. The molecule has 4 fully saturated rings. The Morgan fingerprint density at radius 3 is 2.29 bits per heavy atom. The molecule has 4 aliphatic carbocycles. The van der Waals surface area contributed by atoms with E-state index in [1.165, 1.54) is 25.6 Å². The summed E-state index contributed by atoms with van der Waals surface area (Å²) in [5, 5.41) is 17.3. The fourth-order valence-electron chi connectivity index (χ4n) is 6.86. The number of aromatic nitrogens is 2. The van der Waals surface area contributed by atoms with Gasteiger partial charge in [-0.25, -0.2) is 9.97 Å². The second kappa shape index (κ2) is 7.93. The number of benzene rings is 2. The fourth-order valence-corrected chi connectivity index (χ4v) is 6.86. The third-order valence-corrected chi connectivity index (χ3v) is 7.76. The highest BCUT2D eigenvalue weighted by atomic mass is 16.6. The molecule has 4 aliphatic rings. The summed E-state index contributed by atoms with van der Waals surface area (Å²) < 4.78 is 0. The van der Waals surface area contributed by atoms with E-state index in [2.05, 4.69) is 26.1 Å². The van der Waals surface area contributed by atoms with Gasteiger partial charge in [0.2, 0.25) is 11.6 Å². The summed E-state index contributed by atoms with van der Waals surface area (Å²) in [6.45, 7) is 0. The SMILES string of the molecule is O=C(NNc1ncnc(NC23CC4CC(CC(C4)C2)C3)c1[N+](=O)[O-])c1cccc2ccccc12. The van der Waals surface area contributed by atoms with Crippen LogP contribution in [0.1, 0.15) is 48.9 Å². The van der Waals surface area contributed by atoms with Crippen LogP contribution in [0.15, 0.2) is 48.8 Å². The number of anilines is 2. The molecular weight excluding hydrogens is 432 g/mol. The maximum atomic E-state index is 12.9. The van der Waals surface area contributed by atoms with Gasteiger partial charge in [0.25, 0.3) is 5.91 Å². The van der Waals surface area contributed by atoms with Crippen molar-refractivity contribution in [2.24, 2.45) is 17.8 Å². The average molecular weight is 459 g/mol. The van der Waals surface area contributed by atoms with Crippen molar-refractivity contribution in [3.05, 3.63) is 64.5 Å². The molecule has 2 aromatic carbocycles. The Morgan fingerprint density at radius 2 is 1.59 bits per heavy atom.